The summed E-state index contributed by atoms with van der Waals surface area (Å²) in [5, 5.41) is 10.2. The van der Waals surface area contributed by atoms with Crippen LogP contribution in [0.1, 0.15) is 52.3 Å². The Morgan fingerprint density at radius 2 is 1.67 bits per heavy atom. The molecule has 2 heterocycles. The van der Waals surface area contributed by atoms with Gasteiger partial charge in [-0.05, 0) is 68.9 Å². The van der Waals surface area contributed by atoms with Gasteiger partial charge in [0.25, 0.3) is 11.8 Å². The number of hydrogen-bond acceptors (Lipinski definition) is 4. The van der Waals surface area contributed by atoms with Gasteiger partial charge in [-0.15, -0.1) is 0 Å². The first-order valence-corrected chi connectivity index (χ1v) is 14.0. The number of aromatic nitrogens is 1. The number of halogens is 4. The summed E-state index contributed by atoms with van der Waals surface area (Å²) < 4.78 is 38.8. The van der Waals surface area contributed by atoms with Gasteiger partial charge in [0.2, 0.25) is 0 Å². The molecule has 43 heavy (non-hydrogen) atoms. The lowest BCUT2D eigenvalue weighted by atomic mass is 10.0. The molecule has 3 aromatic rings. The predicted molar refractivity (Wildman–Crippen MR) is 162 cm³/mol. The first kappa shape index (κ1) is 31.6. The molecule has 0 atom stereocenters. The maximum Gasteiger partial charge on any atom is 0.417 e. The zero-order valence-electron chi connectivity index (χ0n) is 24.1. The van der Waals surface area contributed by atoms with Crippen LogP contribution in [0, 0.1) is 13.8 Å². The molecule has 0 saturated heterocycles. The maximum atomic E-state index is 12.9. The number of amides is 4. The van der Waals surface area contributed by atoms with Gasteiger partial charge in [-0.25, -0.2) is 4.79 Å². The number of carbonyl (C=O) groups is 3. The predicted octanol–water partition coefficient (Wildman–Crippen LogP) is 6.51. The Morgan fingerprint density at radius 3 is 2.30 bits per heavy atom. The SMILES string of the molecule is CCN(CC)CCNC(=O)c1c(C)[nH]c(/C=C2\C(=O)Nc3cc(NC(=O)Nc4ccc(C(F)(F)F)c(Cl)c4)ccc32)c1C. The van der Waals surface area contributed by atoms with Crippen LogP contribution in [-0.2, 0) is 11.0 Å². The molecule has 0 saturated carbocycles. The van der Waals surface area contributed by atoms with E-state index in [1.807, 2.05) is 6.92 Å². The summed E-state index contributed by atoms with van der Waals surface area (Å²) in [7, 11) is 0. The van der Waals surface area contributed by atoms with E-state index in [1.54, 1.807) is 31.2 Å². The van der Waals surface area contributed by atoms with E-state index in [1.165, 1.54) is 0 Å². The molecular weight excluding hydrogens is 585 g/mol. The van der Waals surface area contributed by atoms with Gasteiger partial charge in [-0.1, -0.05) is 31.5 Å². The van der Waals surface area contributed by atoms with Crippen LogP contribution in [0.25, 0.3) is 11.6 Å². The van der Waals surface area contributed by atoms with Crippen molar-refractivity contribution in [1.29, 1.82) is 0 Å². The van der Waals surface area contributed by atoms with Gasteiger partial charge >= 0.3 is 12.2 Å². The van der Waals surface area contributed by atoms with Gasteiger partial charge in [0, 0.05) is 41.4 Å². The second-order valence-corrected chi connectivity index (χ2v) is 10.4. The maximum absolute atomic E-state index is 12.9. The van der Waals surface area contributed by atoms with Crippen LogP contribution in [0.4, 0.5) is 35.0 Å². The summed E-state index contributed by atoms with van der Waals surface area (Å²) in [4.78, 5) is 43.7. The summed E-state index contributed by atoms with van der Waals surface area (Å²) in [5.74, 6) is -0.542. The first-order valence-electron chi connectivity index (χ1n) is 13.6. The van der Waals surface area contributed by atoms with Crippen molar-refractivity contribution in [2.45, 2.75) is 33.9 Å². The van der Waals surface area contributed by atoms with Gasteiger partial charge in [-0.3, -0.25) is 9.59 Å². The molecule has 9 nitrogen and oxygen atoms in total. The van der Waals surface area contributed by atoms with E-state index in [2.05, 4.69) is 45.0 Å². The number of fused-ring (bicyclic) bond motifs is 1. The minimum Gasteiger partial charge on any atom is -0.358 e. The van der Waals surface area contributed by atoms with Crippen molar-refractivity contribution in [2.24, 2.45) is 0 Å². The third kappa shape index (κ3) is 7.20. The van der Waals surface area contributed by atoms with Crippen molar-refractivity contribution in [3.8, 4) is 0 Å². The number of benzene rings is 2. The first-order chi connectivity index (χ1) is 20.3. The topological polar surface area (TPSA) is 118 Å². The zero-order chi connectivity index (χ0) is 31.5. The number of nitrogens with zero attached hydrogens (tertiary/aromatic N) is 1. The van der Waals surface area contributed by atoms with Crippen molar-refractivity contribution in [3.63, 3.8) is 0 Å². The Morgan fingerprint density at radius 1 is 1.02 bits per heavy atom. The van der Waals surface area contributed by atoms with Crippen LogP contribution in [0.5, 0.6) is 0 Å². The third-order valence-electron chi connectivity index (χ3n) is 7.19. The van der Waals surface area contributed by atoms with E-state index in [9.17, 15) is 27.6 Å². The van der Waals surface area contributed by atoms with Crippen LogP contribution in [-0.4, -0.2) is 53.9 Å². The van der Waals surface area contributed by atoms with Crippen LogP contribution in [0.3, 0.4) is 0 Å². The van der Waals surface area contributed by atoms with Crippen molar-refractivity contribution in [3.05, 3.63) is 75.1 Å². The highest BCUT2D eigenvalue weighted by molar-refractivity contribution is 6.35. The molecule has 0 aliphatic carbocycles. The number of aryl methyl sites for hydroxylation is 1. The Kier molecular flexibility index (Phi) is 9.51. The normalized spacial score (nSPS) is 13.7. The summed E-state index contributed by atoms with van der Waals surface area (Å²) >= 11 is 5.72. The molecule has 4 amide bonds. The highest BCUT2D eigenvalue weighted by atomic mass is 35.5. The van der Waals surface area contributed by atoms with E-state index >= 15 is 0 Å². The van der Waals surface area contributed by atoms with Crippen molar-refractivity contribution >= 4 is 58.2 Å². The molecule has 13 heteroatoms. The van der Waals surface area contributed by atoms with Gasteiger partial charge in [-0.2, -0.15) is 13.2 Å². The number of H-pyrrole nitrogens is 1. The molecule has 1 aliphatic rings. The largest absolute Gasteiger partial charge is 0.417 e. The Balaban J connectivity index is 1.46. The smallest absolute Gasteiger partial charge is 0.358 e. The van der Waals surface area contributed by atoms with Gasteiger partial charge in [0.15, 0.2) is 0 Å². The second kappa shape index (κ2) is 12.9. The number of nitrogens with one attached hydrogen (secondary N) is 5. The van der Waals surface area contributed by atoms with Crippen molar-refractivity contribution < 1.29 is 27.6 Å². The number of urea groups is 1. The second-order valence-electron chi connectivity index (χ2n) is 9.99. The zero-order valence-corrected chi connectivity index (χ0v) is 24.8. The number of anilines is 3. The third-order valence-corrected chi connectivity index (χ3v) is 7.51. The van der Waals surface area contributed by atoms with Crippen LogP contribution in [0.2, 0.25) is 5.02 Å². The summed E-state index contributed by atoms with van der Waals surface area (Å²) in [5.41, 5.74) is 3.40. The fraction of sp³-hybridized carbons (Fsp3) is 0.300. The minimum atomic E-state index is -4.61. The number of rotatable bonds is 9. The fourth-order valence-electron chi connectivity index (χ4n) is 4.89. The van der Waals surface area contributed by atoms with Gasteiger partial charge in [0.1, 0.15) is 0 Å². The molecule has 4 rings (SSSR count). The average molecular weight is 617 g/mol. The number of alkyl halides is 3. The number of carbonyl (C=O) groups excluding carboxylic acids is 3. The highest BCUT2D eigenvalue weighted by Gasteiger charge is 2.33. The van der Waals surface area contributed by atoms with Crippen LogP contribution < -0.4 is 21.3 Å². The highest BCUT2D eigenvalue weighted by Crippen LogP contribution is 2.37. The molecule has 228 valence electrons. The summed E-state index contributed by atoms with van der Waals surface area (Å²) in [6.45, 7) is 10.8. The lowest BCUT2D eigenvalue weighted by Crippen LogP contribution is -2.35. The van der Waals surface area contributed by atoms with Crippen LogP contribution >= 0.6 is 11.6 Å². The van der Waals surface area contributed by atoms with E-state index in [0.717, 1.165) is 37.8 Å². The number of hydrogen-bond donors (Lipinski definition) is 5. The molecule has 1 aromatic heterocycles. The molecule has 1 aliphatic heterocycles. The molecule has 5 N–H and O–H groups in total. The van der Waals surface area contributed by atoms with Gasteiger partial charge in [0.05, 0.1) is 27.4 Å². The Hall–Kier alpha value is -4.29. The van der Waals surface area contributed by atoms with E-state index < -0.39 is 22.8 Å². The lowest BCUT2D eigenvalue weighted by Gasteiger charge is -2.18. The van der Waals surface area contributed by atoms with E-state index in [-0.39, 0.29) is 17.5 Å². The molecule has 2 aromatic carbocycles. The standard InChI is InChI=1S/C30H32ClF3N6O3/c1-5-40(6-2)12-11-35-28(42)26-16(3)24(36-17(26)4)15-21-20-9-7-19(14-25(20)39-27(21)41)38-29(43)37-18-8-10-22(23(31)13-18)30(32,33)34/h7-10,13-15,36H,5-6,11-12H2,1-4H3,(H,35,42)(H,39,41)(H2,37,38,43)/b21-15-. The van der Waals surface area contributed by atoms with E-state index in [4.69, 9.17) is 11.6 Å². The quantitative estimate of drug-likeness (QED) is 0.176. The monoisotopic (exact) mass is 616 g/mol. The molecule has 0 bridgehead atoms. The van der Waals surface area contributed by atoms with E-state index in [0.29, 0.717) is 51.6 Å². The molecular formula is C30H32ClF3N6O3. The molecule has 0 fully saturated rings. The Labute approximate surface area is 251 Å². The lowest BCUT2D eigenvalue weighted by molar-refractivity contribution is -0.137. The summed E-state index contributed by atoms with van der Waals surface area (Å²) in [6, 6.07) is 7.00. The van der Waals surface area contributed by atoms with Crippen molar-refractivity contribution in [2.75, 3.05) is 42.1 Å². The molecule has 0 radical (unpaired) electrons. The van der Waals surface area contributed by atoms with Gasteiger partial charge < -0.3 is 31.2 Å². The van der Waals surface area contributed by atoms with Crippen molar-refractivity contribution in [1.82, 2.24) is 15.2 Å². The average Bonchev–Trinajstić information content (AvgIpc) is 3.39. The summed E-state index contributed by atoms with van der Waals surface area (Å²) in [6.07, 6.45) is -2.93. The molecule has 0 spiro atoms. The molecule has 0 unspecified atom stereocenters. The van der Waals surface area contributed by atoms with Crippen LogP contribution in [0.15, 0.2) is 36.4 Å². The minimum absolute atomic E-state index is 0.0729. The number of aromatic amines is 1. The Bertz CT molecular complexity index is 1590. The number of likely N-dealkylation sites (N-methyl/N-ethyl adjacent to an activating group) is 1. The fourth-order valence-corrected chi connectivity index (χ4v) is 5.18.